The van der Waals surface area contributed by atoms with Gasteiger partial charge in [0.05, 0.1) is 37.5 Å². The molecule has 3 aromatic rings. The van der Waals surface area contributed by atoms with Crippen LogP contribution in [0.2, 0.25) is 0 Å². The highest BCUT2D eigenvalue weighted by Gasteiger charge is 2.44. The SMILES string of the molecule is COc1cc(OC)c([C@@H]2C(C(=O)Nc3nc4cc(Br)ccc4s3)=C(C)NC3=C2C(=O)CC(C)(C)C3)cc1OC. The lowest BCUT2D eigenvalue weighted by Gasteiger charge is -2.40. The molecule has 2 N–H and O–H groups in total. The second kappa shape index (κ2) is 10.3. The lowest BCUT2D eigenvalue weighted by atomic mass is 9.68. The molecule has 1 aliphatic heterocycles. The van der Waals surface area contributed by atoms with E-state index < -0.39 is 5.92 Å². The van der Waals surface area contributed by atoms with Crippen LogP contribution in [0.4, 0.5) is 5.13 Å². The number of halogens is 1. The van der Waals surface area contributed by atoms with Gasteiger partial charge in [-0.15, -0.1) is 0 Å². The number of ketones is 1. The number of carbonyl (C=O) groups is 2. The van der Waals surface area contributed by atoms with Crippen LogP contribution in [-0.2, 0) is 9.59 Å². The van der Waals surface area contributed by atoms with E-state index >= 15 is 0 Å². The Balaban J connectivity index is 1.65. The summed E-state index contributed by atoms with van der Waals surface area (Å²) in [5.74, 6) is 0.439. The molecule has 0 saturated carbocycles. The molecular weight excluding hydrogens is 582 g/mol. The van der Waals surface area contributed by atoms with Crippen LogP contribution in [0, 0.1) is 5.41 Å². The van der Waals surface area contributed by atoms with Crippen LogP contribution in [0.3, 0.4) is 0 Å². The Morgan fingerprint density at radius 2 is 1.77 bits per heavy atom. The topological polar surface area (TPSA) is 98.8 Å². The lowest BCUT2D eigenvalue weighted by Crippen LogP contribution is -2.39. The van der Waals surface area contributed by atoms with Gasteiger partial charge in [-0.3, -0.25) is 14.9 Å². The van der Waals surface area contributed by atoms with E-state index in [4.69, 9.17) is 14.2 Å². The monoisotopic (exact) mass is 611 g/mol. The quantitative estimate of drug-likeness (QED) is 0.336. The number of fused-ring (bicyclic) bond motifs is 1. The van der Waals surface area contributed by atoms with E-state index in [9.17, 15) is 9.59 Å². The van der Waals surface area contributed by atoms with E-state index in [1.165, 1.54) is 11.3 Å². The Hall–Kier alpha value is -3.37. The van der Waals surface area contributed by atoms with Crippen molar-refractivity contribution in [1.82, 2.24) is 10.3 Å². The van der Waals surface area contributed by atoms with Crippen LogP contribution in [-0.4, -0.2) is 38.0 Å². The van der Waals surface area contributed by atoms with E-state index in [2.05, 4.69) is 45.4 Å². The lowest BCUT2D eigenvalue weighted by molar-refractivity contribution is -0.118. The van der Waals surface area contributed by atoms with Crippen molar-refractivity contribution in [2.75, 3.05) is 26.6 Å². The maximum absolute atomic E-state index is 14.0. The molecule has 0 radical (unpaired) electrons. The molecule has 0 unspecified atom stereocenters. The number of Topliss-reactive ketones (excluding diaryl/α,β-unsaturated/α-hetero) is 1. The molecule has 5 rings (SSSR count). The van der Waals surface area contributed by atoms with Crippen molar-refractivity contribution in [2.45, 2.75) is 39.5 Å². The molecule has 1 aromatic heterocycles. The number of aromatic nitrogens is 1. The number of nitrogens with one attached hydrogen (secondary N) is 2. The number of benzene rings is 2. The Kier molecular flexibility index (Phi) is 7.19. The van der Waals surface area contributed by atoms with Crippen LogP contribution in [0.1, 0.15) is 45.1 Å². The molecule has 0 spiro atoms. The highest BCUT2D eigenvalue weighted by molar-refractivity contribution is 9.10. The van der Waals surface area contributed by atoms with Gasteiger partial charge in [-0.25, -0.2) is 4.98 Å². The van der Waals surface area contributed by atoms with Gasteiger partial charge in [-0.2, -0.15) is 0 Å². The molecule has 10 heteroatoms. The minimum atomic E-state index is -0.678. The fraction of sp³-hybridized carbons (Fsp3) is 0.345. The van der Waals surface area contributed by atoms with Crippen molar-refractivity contribution in [2.24, 2.45) is 5.41 Å². The molecule has 1 amide bonds. The summed E-state index contributed by atoms with van der Waals surface area (Å²) in [6.45, 7) is 6.02. The molecular formula is C29H30BrN3O5S. The third-order valence-corrected chi connectivity index (χ3v) is 8.55. The number of anilines is 1. The van der Waals surface area contributed by atoms with E-state index in [0.717, 1.165) is 20.4 Å². The number of amides is 1. The summed E-state index contributed by atoms with van der Waals surface area (Å²) in [5, 5.41) is 6.87. The van der Waals surface area contributed by atoms with E-state index in [1.54, 1.807) is 33.5 Å². The Bertz CT molecular complexity index is 1570. The number of hydrogen-bond donors (Lipinski definition) is 2. The summed E-state index contributed by atoms with van der Waals surface area (Å²) >= 11 is 4.86. The average Bonchev–Trinajstić information content (AvgIpc) is 3.27. The van der Waals surface area contributed by atoms with Gasteiger partial charge in [0, 0.05) is 45.1 Å². The normalized spacial score (nSPS) is 18.5. The minimum Gasteiger partial charge on any atom is -0.496 e. The van der Waals surface area contributed by atoms with Crippen molar-refractivity contribution >= 4 is 54.3 Å². The zero-order valence-electron chi connectivity index (χ0n) is 22.7. The highest BCUT2D eigenvalue weighted by Crippen LogP contribution is 2.50. The number of rotatable bonds is 6. The average molecular weight is 613 g/mol. The van der Waals surface area contributed by atoms with Crippen molar-refractivity contribution in [3.05, 3.63) is 62.9 Å². The van der Waals surface area contributed by atoms with Crippen LogP contribution < -0.4 is 24.8 Å². The van der Waals surface area contributed by atoms with Crippen LogP contribution >= 0.6 is 27.3 Å². The van der Waals surface area contributed by atoms with Crippen molar-refractivity contribution in [1.29, 1.82) is 0 Å². The first kappa shape index (κ1) is 27.2. The summed E-state index contributed by atoms with van der Waals surface area (Å²) in [4.78, 5) is 32.3. The van der Waals surface area contributed by atoms with Crippen molar-refractivity contribution in [3.8, 4) is 17.2 Å². The maximum Gasteiger partial charge on any atom is 0.256 e. The number of ether oxygens (including phenoxy) is 3. The van der Waals surface area contributed by atoms with E-state index in [-0.39, 0.29) is 17.1 Å². The Labute approximate surface area is 239 Å². The zero-order chi connectivity index (χ0) is 28.1. The maximum atomic E-state index is 14.0. The summed E-state index contributed by atoms with van der Waals surface area (Å²) in [6.07, 6.45) is 1.06. The van der Waals surface area contributed by atoms with Crippen LogP contribution in [0.25, 0.3) is 10.2 Å². The third-order valence-electron chi connectivity index (χ3n) is 7.10. The molecule has 204 valence electrons. The Morgan fingerprint density at radius 3 is 2.46 bits per heavy atom. The largest absolute Gasteiger partial charge is 0.496 e. The van der Waals surface area contributed by atoms with Gasteiger partial charge in [-0.05, 0) is 43.0 Å². The van der Waals surface area contributed by atoms with Crippen LogP contribution in [0.5, 0.6) is 17.2 Å². The summed E-state index contributed by atoms with van der Waals surface area (Å²) in [7, 11) is 4.66. The van der Waals surface area contributed by atoms with Gasteiger partial charge in [0.25, 0.3) is 5.91 Å². The number of nitrogens with zero attached hydrogens (tertiary/aromatic N) is 1. The van der Waals surface area contributed by atoms with Gasteiger partial charge in [0.1, 0.15) is 5.75 Å². The number of dihydropyridines is 1. The first-order valence-electron chi connectivity index (χ1n) is 12.5. The summed E-state index contributed by atoms with van der Waals surface area (Å²) in [6, 6.07) is 9.32. The first-order chi connectivity index (χ1) is 18.5. The smallest absolute Gasteiger partial charge is 0.256 e. The summed E-state index contributed by atoms with van der Waals surface area (Å²) < 4.78 is 18.7. The molecule has 8 nitrogen and oxygen atoms in total. The molecule has 2 heterocycles. The molecule has 2 aromatic carbocycles. The molecule has 1 atom stereocenters. The predicted molar refractivity (Wildman–Crippen MR) is 156 cm³/mol. The number of hydrogen-bond acceptors (Lipinski definition) is 8. The van der Waals surface area contributed by atoms with Gasteiger partial charge < -0.3 is 19.5 Å². The fourth-order valence-corrected chi connectivity index (χ4v) is 6.64. The third kappa shape index (κ3) is 5.03. The standard InChI is InChI=1S/C29H30BrN3O5S/c1-14-24(27(35)33-28-32-17-9-15(30)7-8-23(17)39-28)25(26-18(31-14)12-29(2,3)13-19(26)34)16-10-21(37-5)22(38-6)11-20(16)36-4/h7-11,25,31H,12-13H2,1-6H3,(H,32,33,35)/t25-/m1/s1. The fourth-order valence-electron chi connectivity index (χ4n) is 5.45. The van der Waals surface area contributed by atoms with Gasteiger partial charge in [0.2, 0.25) is 0 Å². The van der Waals surface area contributed by atoms with Gasteiger partial charge in [0.15, 0.2) is 22.4 Å². The molecule has 39 heavy (non-hydrogen) atoms. The summed E-state index contributed by atoms with van der Waals surface area (Å²) in [5.41, 5.74) is 3.72. The number of allylic oxidation sites excluding steroid dienone is 3. The molecule has 1 aliphatic carbocycles. The number of carbonyl (C=O) groups excluding carboxylic acids is 2. The predicted octanol–water partition coefficient (Wildman–Crippen LogP) is 6.33. The first-order valence-corrected chi connectivity index (χ1v) is 14.1. The highest BCUT2D eigenvalue weighted by atomic mass is 79.9. The van der Waals surface area contributed by atoms with Gasteiger partial charge >= 0.3 is 0 Å². The molecule has 0 fully saturated rings. The minimum absolute atomic E-state index is 0.00164. The number of thiazole rings is 1. The van der Waals surface area contributed by atoms with E-state index in [0.29, 0.717) is 57.6 Å². The van der Waals surface area contributed by atoms with E-state index in [1.807, 2.05) is 25.1 Å². The molecule has 0 saturated heterocycles. The second-order valence-corrected chi connectivity index (χ2v) is 12.4. The van der Waals surface area contributed by atoms with Gasteiger partial charge in [-0.1, -0.05) is 41.1 Å². The second-order valence-electron chi connectivity index (χ2n) is 10.5. The number of methoxy groups -OCH3 is 3. The Morgan fingerprint density at radius 1 is 1.08 bits per heavy atom. The molecule has 0 bridgehead atoms. The zero-order valence-corrected chi connectivity index (χ0v) is 25.1. The van der Waals surface area contributed by atoms with Crippen molar-refractivity contribution < 1.29 is 23.8 Å². The van der Waals surface area contributed by atoms with Crippen LogP contribution in [0.15, 0.2) is 57.3 Å². The molecule has 2 aliphatic rings. The van der Waals surface area contributed by atoms with Crippen molar-refractivity contribution in [3.63, 3.8) is 0 Å².